The first-order chi connectivity index (χ1) is 12.6. The third-order valence-corrected chi connectivity index (χ3v) is 6.17. The first-order valence-electron chi connectivity index (χ1n) is 9.69. The number of hydrogen-bond donors (Lipinski definition) is 3. The smallest absolute Gasteiger partial charge is 0.323 e. The minimum atomic E-state index is -0.361. The van der Waals surface area contributed by atoms with Gasteiger partial charge in [-0.25, -0.2) is 4.79 Å². The topological polar surface area (TPSA) is 101 Å². The van der Waals surface area contributed by atoms with Gasteiger partial charge in [0.2, 0.25) is 5.91 Å². The zero-order chi connectivity index (χ0) is 18.1. The van der Waals surface area contributed by atoms with Gasteiger partial charge in [0.25, 0.3) is 5.91 Å². The van der Waals surface area contributed by atoms with E-state index in [0.717, 1.165) is 45.3 Å². The fraction of sp³-hybridized carbons (Fsp3) is 0.722. The highest BCUT2D eigenvalue weighted by atomic mass is 16.2. The van der Waals surface area contributed by atoms with Crippen molar-refractivity contribution < 1.29 is 9.59 Å². The Balaban J connectivity index is 1.42. The molecule has 3 aliphatic heterocycles. The second kappa shape index (κ2) is 7.26. The second-order valence-electron chi connectivity index (χ2n) is 7.80. The highest BCUT2D eigenvalue weighted by Gasteiger charge is 2.41. The molecule has 1 aromatic rings. The number of aromatic nitrogens is 2. The lowest BCUT2D eigenvalue weighted by molar-refractivity contribution is -0.141. The number of carbonyl (C=O) groups excluding carboxylic acids is 2. The van der Waals surface area contributed by atoms with E-state index in [1.807, 2.05) is 4.90 Å². The molecule has 0 unspecified atom stereocenters. The molecule has 0 aromatic carbocycles. The van der Waals surface area contributed by atoms with Gasteiger partial charge in [-0.05, 0) is 50.6 Å². The fourth-order valence-corrected chi connectivity index (χ4v) is 4.73. The van der Waals surface area contributed by atoms with Crippen molar-refractivity contribution in [3.05, 3.63) is 22.4 Å². The Morgan fingerprint density at radius 2 is 1.96 bits per heavy atom. The van der Waals surface area contributed by atoms with E-state index in [1.54, 1.807) is 0 Å². The third kappa shape index (κ3) is 3.42. The fourth-order valence-electron chi connectivity index (χ4n) is 4.73. The van der Waals surface area contributed by atoms with Crippen molar-refractivity contribution in [1.29, 1.82) is 0 Å². The molecular weight excluding hydrogens is 334 g/mol. The normalized spacial score (nSPS) is 27.5. The molecule has 0 radical (unpaired) electrons. The lowest BCUT2D eigenvalue weighted by Gasteiger charge is -2.48. The third-order valence-electron chi connectivity index (χ3n) is 6.17. The van der Waals surface area contributed by atoms with E-state index in [0.29, 0.717) is 37.0 Å². The van der Waals surface area contributed by atoms with Crippen molar-refractivity contribution in [1.82, 2.24) is 25.1 Å². The van der Waals surface area contributed by atoms with E-state index in [2.05, 4.69) is 20.2 Å². The number of aromatic amines is 2. The number of nitrogens with zero attached hydrogens (tertiary/aromatic N) is 2. The number of imidazole rings is 1. The summed E-state index contributed by atoms with van der Waals surface area (Å²) in [4.78, 5) is 45.4. The standard InChI is InChI=1S/C18H27N5O3/c24-16-2-1-13-11-22(17(25)14-9-20-18(26)21-14)8-5-15(13)23(16)10-12-3-6-19-7-4-12/h9,12-13,15,19H,1-8,10-11H2,(H2,20,21,26)/t13-,15+/m0/s1. The van der Waals surface area contributed by atoms with Crippen molar-refractivity contribution in [2.45, 2.75) is 38.1 Å². The number of likely N-dealkylation sites (tertiary alicyclic amines) is 2. The average molecular weight is 361 g/mol. The SMILES string of the molecule is O=C(c1c[nH]c(=O)[nH]1)N1CC[C@@H]2[C@@H](CCC(=O)N2CC2CCNCC2)C1. The summed E-state index contributed by atoms with van der Waals surface area (Å²) in [6, 6.07) is 0.250. The van der Waals surface area contributed by atoms with Crippen LogP contribution in [-0.2, 0) is 4.79 Å². The largest absolute Gasteiger partial charge is 0.339 e. The van der Waals surface area contributed by atoms with Crippen LogP contribution >= 0.6 is 0 Å². The van der Waals surface area contributed by atoms with Crippen LogP contribution in [0.5, 0.6) is 0 Å². The van der Waals surface area contributed by atoms with Gasteiger partial charge in [-0.15, -0.1) is 0 Å². The number of nitrogens with one attached hydrogen (secondary N) is 3. The Hall–Kier alpha value is -2.09. The average Bonchev–Trinajstić information content (AvgIpc) is 3.10. The summed E-state index contributed by atoms with van der Waals surface area (Å²) < 4.78 is 0. The highest BCUT2D eigenvalue weighted by Crippen LogP contribution is 2.33. The molecule has 4 rings (SSSR count). The molecule has 4 heterocycles. The lowest BCUT2D eigenvalue weighted by Crippen LogP contribution is -2.58. The molecule has 3 saturated heterocycles. The van der Waals surface area contributed by atoms with Crippen LogP contribution in [0.2, 0.25) is 0 Å². The molecule has 0 saturated carbocycles. The van der Waals surface area contributed by atoms with E-state index in [9.17, 15) is 14.4 Å². The molecule has 8 heteroatoms. The van der Waals surface area contributed by atoms with E-state index in [-0.39, 0.29) is 23.5 Å². The van der Waals surface area contributed by atoms with Crippen LogP contribution < -0.4 is 11.0 Å². The van der Waals surface area contributed by atoms with Crippen LogP contribution in [-0.4, -0.2) is 70.3 Å². The van der Waals surface area contributed by atoms with Gasteiger partial charge < -0.3 is 25.1 Å². The summed E-state index contributed by atoms with van der Waals surface area (Å²) >= 11 is 0. The molecule has 3 aliphatic rings. The number of piperidine rings is 3. The maximum atomic E-state index is 12.6. The highest BCUT2D eigenvalue weighted by molar-refractivity contribution is 5.92. The molecule has 0 bridgehead atoms. The predicted molar refractivity (Wildman–Crippen MR) is 95.8 cm³/mol. The molecule has 1 aromatic heterocycles. The minimum Gasteiger partial charge on any atom is -0.339 e. The van der Waals surface area contributed by atoms with Gasteiger partial charge in [-0.1, -0.05) is 0 Å². The molecule has 3 N–H and O–H groups in total. The first-order valence-corrected chi connectivity index (χ1v) is 9.69. The Labute approximate surface area is 152 Å². The summed E-state index contributed by atoms with van der Waals surface area (Å²) in [5.41, 5.74) is -0.0495. The zero-order valence-corrected chi connectivity index (χ0v) is 15.0. The van der Waals surface area contributed by atoms with E-state index in [1.165, 1.54) is 6.20 Å². The van der Waals surface area contributed by atoms with Crippen molar-refractivity contribution in [2.75, 3.05) is 32.7 Å². The van der Waals surface area contributed by atoms with Crippen molar-refractivity contribution in [3.8, 4) is 0 Å². The molecule has 3 fully saturated rings. The van der Waals surface area contributed by atoms with Crippen LogP contribution in [0.15, 0.2) is 11.0 Å². The number of rotatable bonds is 3. The Morgan fingerprint density at radius 3 is 2.69 bits per heavy atom. The molecule has 2 amide bonds. The molecule has 2 atom stereocenters. The molecular formula is C18H27N5O3. The van der Waals surface area contributed by atoms with Crippen LogP contribution in [0.25, 0.3) is 0 Å². The van der Waals surface area contributed by atoms with E-state index in [4.69, 9.17) is 0 Å². The van der Waals surface area contributed by atoms with Gasteiger partial charge in [0, 0.05) is 38.3 Å². The monoisotopic (exact) mass is 361 g/mol. The second-order valence-corrected chi connectivity index (χ2v) is 7.80. The number of carbonyl (C=O) groups is 2. The zero-order valence-electron chi connectivity index (χ0n) is 15.0. The van der Waals surface area contributed by atoms with Crippen LogP contribution in [0, 0.1) is 11.8 Å². The Morgan fingerprint density at radius 1 is 1.15 bits per heavy atom. The van der Waals surface area contributed by atoms with E-state index < -0.39 is 0 Å². The summed E-state index contributed by atoms with van der Waals surface area (Å²) in [6.45, 7) is 4.23. The minimum absolute atomic E-state index is 0.136. The predicted octanol–water partition coefficient (Wildman–Crippen LogP) is 0.156. The molecule has 26 heavy (non-hydrogen) atoms. The van der Waals surface area contributed by atoms with Crippen LogP contribution in [0.3, 0.4) is 0 Å². The van der Waals surface area contributed by atoms with Crippen LogP contribution in [0.1, 0.15) is 42.6 Å². The number of fused-ring (bicyclic) bond motifs is 1. The summed E-state index contributed by atoms with van der Waals surface area (Å²) in [5.74, 6) is 1.06. The van der Waals surface area contributed by atoms with Gasteiger partial charge >= 0.3 is 5.69 Å². The van der Waals surface area contributed by atoms with E-state index >= 15 is 0 Å². The molecule has 0 aliphatic carbocycles. The maximum Gasteiger partial charge on any atom is 0.323 e. The van der Waals surface area contributed by atoms with Gasteiger partial charge in [0.1, 0.15) is 5.69 Å². The van der Waals surface area contributed by atoms with Gasteiger partial charge in [-0.2, -0.15) is 0 Å². The Kier molecular flexibility index (Phi) is 4.84. The van der Waals surface area contributed by atoms with Gasteiger partial charge in [0.05, 0.1) is 0 Å². The number of amides is 2. The molecule has 0 spiro atoms. The summed E-state index contributed by atoms with van der Waals surface area (Å²) in [7, 11) is 0. The van der Waals surface area contributed by atoms with Gasteiger partial charge in [0.15, 0.2) is 0 Å². The molecule has 142 valence electrons. The molecule has 8 nitrogen and oxygen atoms in total. The van der Waals surface area contributed by atoms with Crippen LogP contribution in [0.4, 0.5) is 0 Å². The van der Waals surface area contributed by atoms with Gasteiger partial charge in [-0.3, -0.25) is 9.59 Å². The van der Waals surface area contributed by atoms with Crippen molar-refractivity contribution in [3.63, 3.8) is 0 Å². The Bertz CT molecular complexity index is 720. The van der Waals surface area contributed by atoms with Crippen molar-refractivity contribution in [2.24, 2.45) is 11.8 Å². The number of hydrogen-bond acceptors (Lipinski definition) is 4. The van der Waals surface area contributed by atoms with Crippen molar-refractivity contribution >= 4 is 11.8 Å². The first kappa shape index (κ1) is 17.3. The lowest BCUT2D eigenvalue weighted by atomic mass is 9.82. The summed E-state index contributed by atoms with van der Waals surface area (Å²) in [5, 5.41) is 3.38. The maximum absolute atomic E-state index is 12.6. The summed E-state index contributed by atoms with van der Waals surface area (Å²) in [6.07, 6.45) is 5.94. The number of H-pyrrole nitrogens is 2. The quantitative estimate of drug-likeness (QED) is 0.714.